The first kappa shape index (κ1) is 50.7. The van der Waals surface area contributed by atoms with Crippen LogP contribution in [0.15, 0.2) is 115 Å². The van der Waals surface area contributed by atoms with Gasteiger partial charge in [-0.15, -0.1) is 5.10 Å². The van der Waals surface area contributed by atoms with Crippen LogP contribution in [0.25, 0.3) is 0 Å². The molecule has 2 aliphatic rings. The lowest BCUT2D eigenvalue weighted by atomic mass is 10.0. The van der Waals surface area contributed by atoms with Crippen molar-refractivity contribution < 1.29 is 23.9 Å². The summed E-state index contributed by atoms with van der Waals surface area (Å²) in [5.41, 5.74) is 13.8. The smallest absolute Gasteiger partial charge is 0.255 e. The van der Waals surface area contributed by atoms with E-state index < -0.39 is 6.04 Å². The van der Waals surface area contributed by atoms with Crippen molar-refractivity contribution in [2.75, 3.05) is 30.8 Å². The average Bonchev–Trinajstić information content (AvgIpc) is 3.95. The molecule has 1 fully saturated rings. The zero-order valence-corrected chi connectivity index (χ0v) is 39.9. The van der Waals surface area contributed by atoms with Gasteiger partial charge in [0.05, 0.1) is 18.8 Å². The Hall–Kier alpha value is -7.69. The second-order valence-corrected chi connectivity index (χ2v) is 17.1. The maximum Gasteiger partial charge on any atom is 0.255 e. The summed E-state index contributed by atoms with van der Waals surface area (Å²) in [7, 11) is 1.91. The van der Waals surface area contributed by atoms with E-state index in [1.807, 2.05) is 35.0 Å². The van der Waals surface area contributed by atoms with E-state index in [-0.39, 0.29) is 30.7 Å². The summed E-state index contributed by atoms with van der Waals surface area (Å²) in [6, 6.07) is 23.3. The van der Waals surface area contributed by atoms with Crippen molar-refractivity contribution >= 4 is 41.3 Å². The summed E-state index contributed by atoms with van der Waals surface area (Å²) in [6.07, 6.45) is 13.7. The van der Waals surface area contributed by atoms with Crippen LogP contribution in [0.3, 0.4) is 0 Å². The summed E-state index contributed by atoms with van der Waals surface area (Å²) in [5.74, 6) is 0.656. The van der Waals surface area contributed by atoms with Crippen LogP contribution in [-0.4, -0.2) is 91.0 Å². The Morgan fingerprint density at radius 2 is 1.81 bits per heavy atom. The number of allylic oxidation sites excluding steroid dienone is 2. The number of benzene rings is 3. The lowest BCUT2D eigenvalue weighted by molar-refractivity contribution is -0.126. The first-order chi connectivity index (χ1) is 33.5. The zero-order valence-electron chi connectivity index (χ0n) is 39.9. The second kappa shape index (κ2) is 25.4. The molecule has 1 saturated heterocycles. The summed E-state index contributed by atoms with van der Waals surface area (Å²) < 4.78 is 8.03. The molecule has 17 nitrogen and oxygen atoms in total. The van der Waals surface area contributed by atoms with Crippen LogP contribution in [0.5, 0.6) is 5.75 Å². The van der Waals surface area contributed by atoms with Gasteiger partial charge < -0.3 is 36.2 Å². The lowest BCUT2D eigenvalue weighted by Gasteiger charge is -2.31. The molecule has 4 amide bonds. The number of unbranched alkanes of at least 4 members (excludes halogenated alkanes) is 3. The molecule has 1 atom stereocenters. The number of piperidine rings is 1. The van der Waals surface area contributed by atoms with Crippen LogP contribution in [0, 0.1) is 5.41 Å². The minimum Gasteiger partial charge on any atom is -0.494 e. The molecule has 3 aromatic carbocycles. The number of carbonyl (C=O) groups is 4. The average molecular weight is 937 g/mol. The number of carbonyl (C=O) groups excluding carboxylic acids is 4. The van der Waals surface area contributed by atoms with Crippen molar-refractivity contribution in [1.29, 1.82) is 5.41 Å². The van der Waals surface area contributed by atoms with E-state index in [1.54, 1.807) is 35.4 Å². The molecule has 0 radical (unpaired) electrons. The van der Waals surface area contributed by atoms with E-state index >= 15 is 0 Å². The van der Waals surface area contributed by atoms with E-state index in [1.165, 1.54) is 23.0 Å². The molecular weight excluding hydrogens is 873 g/mol. The molecule has 6 N–H and O–H groups in total. The highest BCUT2D eigenvalue weighted by Crippen LogP contribution is 2.33. The van der Waals surface area contributed by atoms with Crippen LogP contribution < -0.4 is 26.4 Å². The normalized spacial score (nSPS) is 14.4. The van der Waals surface area contributed by atoms with Gasteiger partial charge in [-0.2, -0.15) is 0 Å². The van der Waals surface area contributed by atoms with Gasteiger partial charge in [0, 0.05) is 72.8 Å². The number of hydrogen-bond acceptors (Lipinski definition) is 11. The third-order valence-electron chi connectivity index (χ3n) is 12.2. The number of ether oxygens (including phenoxy) is 1. The lowest BCUT2D eigenvalue weighted by Crippen LogP contribution is -2.49. The number of amides is 4. The summed E-state index contributed by atoms with van der Waals surface area (Å²) >= 11 is 0. The van der Waals surface area contributed by atoms with Gasteiger partial charge in [0.25, 0.3) is 5.91 Å². The topological polar surface area (TPSA) is 226 Å². The summed E-state index contributed by atoms with van der Waals surface area (Å²) in [5, 5.41) is 26.7. The minimum atomic E-state index is -0.553. The molecule has 4 heterocycles. The van der Waals surface area contributed by atoms with Crippen LogP contribution in [0.4, 0.5) is 11.4 Å². The van der Waals surface area contributed by atoms with Gasteiger partial charge in [-0.05, 0) is 118 Å². The third-order valence-corrected chi connectivity index (χ3v) is 12.2. The number of likely N-dealkylation sites (N-methyl/N-ethyl adjacent to an activating group) is 1. The molecule has 0 saturated carbocycles. The fourth-order valence-electron chi connectivity index (χ4n) is 8.36. The van der Waals surface area contributed by atoms with Gasteiger partial charge in [-0.1, -0.05) is 61.0 Å². The second-order valence-electron chi connectivity index (χ2n) is 17.1. The van der Waals surface area contributed by atoms with Gasteiger partial charge in [0.1, 0.15) is 23.8 Å². The maximum atomic E-state index is 13.2. The molecule has 362 valence electrons. The number of rotatable bonds is 22. The first-order valence-corrected chi connectivity index (χ1v) is 23.5. The number of nitrogens with two attached hydrogens (primary N) is 1. The number of fused-ring (bicyclic) bond motifs is 1. The Morgan fingerprint density at radius 3 is 2.58 bits per heavy atom. The number of amidine groups is 1. The Balaban J connectivity index is 0.00000254. The molecular formula is C52H64N12O5. The molecule has 0 bridgehead atoms. The molecule has 2 aromatic heterocycles. The predicted molar refractivity (Wildman–Crippen MR) is 266 cm³/mol. The summed E-state index contributed by atoms with van der Waals surface area (Å²) in [6.45, 7) is 10.4. The SMILES string of the molecule is C=C1CCC(N2Cc3c(NC(=O)CCCc4cn(CCCCCCOc5cccc(Cc6cccc(NC/C(=C(/C)CC)N(C)C(=N)c7ccncn7)c6)c5)nn4)cccc3C2=O)C(=O)N1.NC=O. The van der Waals surface area contributed by atoms with Crippen LogP contribution >= 0.6 is 0 Å². The number of aryl methyl sites for hydroxylation is 2. The van der Waals surface area contributed by atoms with Crippen LogP contribution in [0.1, 0.15) is 110 Å². The maximum absolute atomic E-state index is 13.2. The molecule has 17 heteroatoms. The standard InChI is InChI=1S/C51H61N11O4.CH3NO/c1-5-35(2)47(60(4)49(52)45-24-25-53-34-55-45)31-54-39-16-10-14-37(29-39)28-38-15-11-18-41(30-38)66-27-9-7-6-8-26-61-32-40(58-59-61)17-12-21-48(63)57-44-20-13-19-42-43(44)33-62(51(42)65)46-23-22-36(3)56-50(46)64;2-1-3/h10-11,13-16,18-20,24-25,29-30,32,34,46,52,54H,3,5-9,12,17,21-23,26-28,31,33H2,1-2,4H3,(H,56,64)(H,57,63);1H,(H2,2,3)/b47-35+,52-49?;. The fraction of sp³-hybridized carbons (Fsp3) is 0.365. The molecule has 7 rings (SSSR count). The predicted octanol–water partition coefficient (Wildman–Crippen LogP) is 7.16. The Morgan fingerprint density at radius 1 is 1.04 bits per heavy atom. The van der Waals surface area contributed by atoms with Crippen molar-refractivity contribution in [2.24, 2.45) is 5.73 Å². The Bertz CT molecular complexity index is 2610. The molecule has 0 aliphatic carbocycles. The van der Waals surface area contributed by atoms with Crippen molar-refractivity contribution in [1.82, 2.24) is 40.1 Å². The number of primary amides is 1. The first-order valence-electron chi connectivity index (χ1n) is 23.5. The molecule has 2 aliphatic heterocycles. The van der Waals surface area contributed by atoms with E-state index in [4.69, 9.17) is 14.9 Å². The third kappa shape index (κ3) is 14.4. The molecule has 5 aromatic rings. The van der Waals surface area contributed by atoms with Crippen LogP contribution in [0.2, 0.25) is 0 Å². The van der Waals surface area contributed by atoms with Crippen molar-refractivity contribution in [2.45, 2.75) is 104 Å². The fourth-order valence-corrected chi connectivity index (χ4v) is 8.36. The molecule has 69 heavy (non-hydrogen) atoms. The van der Waals surface area contributed by atoms with Crippen molar-refractivity contribution in [3.63, 3.8) is 0 Å². The van der Waals surface area contributed by atoms with E-state index in [0.717, 1.165) is 73.5 Å². The highest BCUT2D eigenvalue weighted by atomic mass is 16.5. The number of anilines is 2. The minimum absolute atomic E-state index is 0.134. The number of nitrogens with zero attached hydrogens (tertiary/aromatic N) is 7. The zero-order chi connectivity index (χ0) is 49.1. The highest BCUT2D eigenvalue weighted by molar-refractivity contribution is 6.04. The molecule has 1 unspecified atom stereocenters. The van der Waals surface area contributed by atoms with Gasteiger partial charge in [-0.25, -0.2) is 9.97 Å². The Kier molecular flexibility index (Phi) is 18.7. The molecule has 0 spiro atoms. The summed E-state index contributed by atoms with van der Waals surface area (Å²) in [4.78, 5) is 59.1. The highest BCUT2D eigenvalue weighted by Gasteiger charge is 2.39. The monoisotopic (exact) mass is 937 g/mol. The van der Waals surface area contributed by atoms with Gasteiger partial charge in [0.15, 0.2) is 5.84 Å². The van der Waals surface area contributed by atoms with E-state index in [9.17, 15) is 14.4 Å². The van der Waals surface area contributed by atoms with Crippen molar-refractivity contribution in [3.8, 4) is 5.75 Å². The largest absolute Gasteiger partial charge is 0.494 e. The number of nitrogens with one attached hydrogen (secondary N) is 4. The van der Waals surface area contributed by atoms with Gasteiger partial charge >= 0.3 is 0 Å². The van der Waals surface area contributed by atoms with Crippen LogP contribution in [-0.2, 0) is 40.3 Å². The van der Waals surface area contributed by atoms with E-state index in [0.29, 0.717) is 73.7 Å². The van der Waals surface area contributed by atoms with Gasteiger partial charge in [0.2, 0.25) is 18.2 Å². The van der Waals surface area contributed by atoms with Gasteiger partial charge in [-0.3, -0.25) is 29.3 Å². The van der Waals surface area contributed by atoms with E-state index in [2.05, 4.69) is 98.8 Å². The van der Waals surface area contributed by atoms with Crippen molar-refractivity contribution in [3.05, 3.63) is 149 Å². The number of aromatic nitrogens is 5. The Labute approximate surface area is 404 Å². The number of hydrogen-bond donors (Lipinski definition) is 5. The quantitative estimate of drug-likeness (QED) is 0.0202.